The number of aromatic nitrogens is 3. The SMILES string of the molecule is Cn1ccc(-c2nc(CCl)cs2)n1. The second-order valence-electron chi connectivity index (χ2n) is 2.65. The fourth-order valence-electron chi connectivity index (χ4n) is 1.02. The van der Waals surface area contributed by atoms with Crippen LogP contribution in [0.3, 0.4) is 0 Å². The normalized spacial score (nSPS) is 10.6. The molecule has 13 heavy (non-hydrogen) atoms. The molecule has 0 N–H and O–H groups in total. The zero-order valence-corrected chi connectivity index (χ0v) is 8.64. The lowest BCUT2D eigenvalue weighted by Gasteiger charge is -1.87. The molecule has 0 unspecified atom stereocenters. The van der Waals surface area contributed by atoms with Crippen LogP contribution in [0.5, 0.6) is 0 Å². The van der Waals surface area contributed by atoms with Crippen molar-refractivity contribution in [2.75, 3.05) is 0 Å². The molecule has 68 valence electrons. The molecule has 0 aliphatic carbocycles. The van der Waals surface area contributed by atoms with Crippen molar-refractivity contribution in [1.29, 1.82) is 0 Å². The lowest BCUT2D eigenvalue weighted by Crippen LogP contribution is -1.87. The average Bonchev–Trinajstić information content (AvgIpc) is 2.71. The summed E-state index contributed by atoms with van der Waals surface area (Å²) in [5.74, 6) is 0.462. The predicted molar refractivity (Wildman–Crippen MR) is 53.9 cm³/mol. The highest BCUT2D eigenvalue weighted by Crippen LogP contribution is 2.22. The molecule has 0 radical (unpaired) electrons. The van der Waals surface area contributed by atoms with Gasteiger partial charge in [-0.15, -0.1) is 22.9 Å². The summed E-state index contributed by atoms with van der Waals surface area (Å²) < 4.78 is 1.76. The van der Waals surface area contributed by atoms with E-state index < -0.39 is 0 Å². The van der Waals surface area contributed by atoms with Crippen molar-refractivity contribution in [3.8, 4) is 10.7 Å². The van der Waals surface area contributed by atoms with Gasteiger partial charge >= 0.3 is 0 Å². The van der Waals surface area contributed by atoms with Gasteiger partial charge in [-0.2, -0.15) is 5.10 Å². The standard InChI is InChI=1S/C8H8ClN3S/c1-12-3-2-7(11-12)8-10-6(4-9)5-13-8/h2-3,5H,4H2,1H3. The van der Waals surface area contributed by atoms with Gasteiger partial charge in [0.25, 0.3) is 0 Å². The van der Waals surface area contributed by atoms with E-state index in [0.29, 0.717) is 5.88 Å². The molecule has 2 heterocycles. The Bertz CT molecular complexity index is 407. The van der Waals surface area contributed by atoms with Crippen LogP contribution in [0.25, 0.3) is 10.7 Å². The van der Waals surface area contributed by atoms with Crippen LogP contribution in [0.2, 0.25) is 0 Å². The third kappa shape index (κ3) is 1.73. The summed E-state index contributed by atoms with van der Waals surface area (Å²) in [7, 11) is 1.89. The minimum Gasteiger partial charge on any atom is -0.275 e. The molecule has 0 aliphatic rings. The van der Waals surface area contributed by atoms with Crippen molar-refractivity contribution in [1.82, 2.24) is 14.8 Å². The smallest absolute Gasteiger partial charge is 0.144 e. The first-order valence-corrected chi connectivity index (χ1v) is 5.21. The van der Waals surface area contributed by atoms with Crippen molar-refractivity contribution in [3.63, 3.8) is 0 Å². The minimum atomic E-state index is 0.462. The van der Waals surface area contributed by atoms with Crippen molar-refractivity contribution < 1.29 is 0 Å². The van der Waals surface area contributed by atoms with Crippen LogP contribution in [0.1, 0.15) is 5.69 Å². The zero-order chi connectivity index (χ0) is 9.26. The summed E-state index contributed by atoms with van der Waals surface area (Å²) in [6, 6.07) is 1.94. The fraction of sp³-hybridized carbons (Fsp3) is 0.250. The van der Waals surface area contributed by atoms with Crippen molar-refractivity contribution >= 4 is 22.9 Å². The van der Waals surface area contributed by atoms with Crippen LogP contribution >= 0.6 is 22.9 Å². The molecule has 3 nitrogen and oxygen atoms in total. The van der Waals surface area contributed by atoms with Gasteiger partial charge in [0, 0.05) is 18.6 Å². The third-order valence-corrected chi connectivity index (χ3v) is 2.81. The Labute approximate surface area is 85.0 Å². The molecule has 0 atom stereocenters. The molecule has 5 heteroatoms. The number of nitrogens with zero attached hydrogens (tertiary/aromatic N) is 3. The summed E-state index contributed by atoms with van der Waals surface area (Å²) in [6.07, 6.45) is 1.90. The Hall–Kier alpha value is -0.870. The van der Waals surface area contributed by atoms with E-state index in [4.69, 9.17) is 11.6 Å². The van der Waals surface area contributed by atoms with Crippen molar-refractivity contribution in [2.45, 2.75) is 5.88 Å². The molecular formula is C8H8ClN3S. The number of halogens is 1. The Morgan fingerprint density at radius 2 is 2.46 bits per heavy atom. The van der Waals surface area contributed by atoms with Gasteiger partial charge in [-0.25, -0.2) is 4.98 Å². The maximum atomic E-state index is 5.65. The van der Waals surface area contributed by atoms with Gasteiger partial charge in [0.15, 0.2) is 0 Å². The van der Waals surface area contributed by atoms with E-state index in [0.717, 1.165) is 16.4 Å². The molecular weight excluding hydrogens is 206 g/mol. The topological polar surface area (TPSA) is 30.7 Å². The van der Waals surface area contributed by atoms with E-state index >= 15 is 0 Å². The molecule has 0 aliphatic heterocycles. The first kappa shape index (κ1) is 8.72. The first-order valence-electron chi connectivity index (χ1n) is 3.80. The van der Waals surface area contributed by atoms with Gasteiger partial charge in [0.1, 0.15) is 10.7 Å². The number of aryl methyl sites for hydroxylation is 1. The second kappa shape index (κ2) is 3.47. The van der Waals surface area contributed by atoms with Gasteiger partial charge in [-0.05, 0) is 6.07 Å². The summed E-state index contributed by atoms with van der Waals surface area (Å²) in [5.41, 5.74) is 1.82. The number of hydrogen-bond acceptors (Lipinski definition) is 3. The number of rotatable bonds is 2. The van der Waals surface area contributed by atoms with Crippen molar-refractivity contribution in [2.24, 2.45) is 7.05 Å². The lowest BCUT2D eigenvalue weighted by atomic mass is 10.4. The molecule has 0 spiro atoms. The summed E-state index contributed by atoms with van der Waals surface area (Å²) in [6.45, 7) is 0. The minimum absolute atomic E-state index is 0.462. The predicted octanol–water partition coefficient (Wildman–Crippen LogP) is 2.28. The largest absolute Gasteiger partial charge is 0.275 e. The second-order valence-corrected chi connectivity index (χ2v) is 3.78. The fourth-order valence-corrected chi connectivity index (χ4v) is 2.03. The van der Waals surface area contributed by atoms with Gasteiger partial charge < -0.3 is 0 Å². The Morgan fingerprint density at radius 1 is 1.62 bits per heavy atom. The van der Waals surface area contributed by atoms with Crippen molar-refractivity contribution in [3.05, 3.63) is 23.3 Å². The van der Waals surface area contributed by atoms with E-state index in [2.05, 4.69) is 10.1 Å². The maximum Gasteiger partial charge on any atom is 0.144 e. The number of hydrogen-bond donors (Lipinski definition) is 0. The van der Waals surface area contributed by atoms with E-state index in [1.54, 1.807) is 16.0 Å². The molecule has 0 bridgehead atoms. The van der Waals surface area contributed by atoms with E-state index in [1.807, 2.05) is 24.7 Å². The van der Waals surface area contributed by atoms with E-state index in [1.165, 1.54) is 0 Å². The van der Waals surface area contributed by atoms with Gasteiger partial charge in [-0.1, -0.05) is 0 Å². The molecule has 0 saturated carbocycles. The van der Waals surface area contributed by atoms with E-state index in [-0.39, 0.29) is 0 Å². The highest BCUT2D eigenvalue weighted by molar-refractivity contribution is 7.13. The molecule has 2 rings (SSSR count). The molecule has 0 fully saturated rings. The van der Waals surface area contributed by atoms with E-state index in [9.17, 15) is 0 Å². The Balaban J connectivity index is 2.35. The monoisotopic (exact) mass is 213 g/mol. The molecule has 0 amide bonds. The zero-order valence-electron chi connectivity index (χ0n) is 7.07. The lowest BCUT2D eigenvalue weighted by molar-refractivity contribution is 0.770. The highest BCUT2D eigenvalue weighted by Gasteiger charge is 2.05. The van der Waals surface area contributed by atoms with Gasteiger partial charge in [0.05, 0.1) is 11.6 Å². The molecule has 2 aromatic rings. The Kier molecular flexibility index (Phi) is 2.33. The van der Waals surface area contributed by atoms with Crippen LogP contribution < -0.4 is 0 Å². The van der Waals surface area contributed by atoms with Gasteiger partial charge in [-0.3, -0.25) is 4.68 Å². The van der Waals surface area contributed by atoms with Gasteiger partial charge in [0.2, 0.25) is 0 Å². The summed E-state index contributed by atoms with van der Waals surface area (Å²) in [4.78, 5) is 4.32. The van der Waals surface area contributed by atoms with Crippen LogP contribution in [-0.4, -0.2) is 14.8 Å². The van der Waals surface area contributed by atoms with Crippen LogP contribution in [0, 0.1) is 0 Å². The van der Waals surface area contributed by atoms with Crippen LogP contribution in [0.15, 0.2) is 17.6 Å². The van der Waals surface area contributed by atoms with Crippen LogP contribution in [0.4, 0.5) is 0 Å². The summed E-state index contributed by atoms with van der Waals surface area (Å²) >= 11 is 7.22. The summed E-state index contributed by atoms with van der Waals surface area (Å²) in [5, 5.41) is 7.13. The maximum absolute atomic E-state index is 5.65. The average molecular weight is 214 g/mol. The molecule has 2 aromatic heterocycles. The number of thiazole rings is 1. The quantitative estimate of drug-likeness (QED) is 0.717. The van der Waals surface area contributed by atoms with Crippen LogP contribution in [-0.2, 0) is 12.9 Å². The first-order chi connectivity index (χ1) is 6.29. The molecule has 0 aromatic carbocycles. The highest BCUT2D eigenvalue weighted by atomic mass is 35.5. The molecule has 0 saturated heterocycles. The third-order valence-electron chi connectivity index (χ3n) is 1.62. The number of alkyl halides is 1. The Morgan fingerprint density at radius 3 is 3.00 bits per heavy atom.